The van der Waals surface area contributed by atoms with Gasteiger partial charge in [0.2, 0.25) is 0 Å². The number of carboxylic acid groups (broad SMARTS) is 1. The largest absolute Gasteiger partial charge is 0.505 e. The first-order chi connectivity index (χ1) is 13.8. The predicted octanol–water partition coefficient (Wildman–Crippen LogP) is 4.98. The maximum atomic E-state index is 14.1. The molecule has 2 aromatic carbocycles. The summed E-state index contributed by atoms with van der Waals surface area (Å²) in [6, 6.07) is 7.22. The standard InChI is InChI=1S/C22H21F2NO4/c1-3-4-8-15(22(28)29)20-12(2)25(18-11-17(24)19(26)10-16(18)20)21(27)13-6-5-7-14(23)9-13/h5-7,9-11,15,26H,3-4,8H2,1-2H3,(H,28,29)/t15-/m0/s1. The topological polar surface area (TPSA) is 79.5 Å². The van der Waals surface area contributed by atoms with Crippen molar-refractivity contribution in [3.63, 3.8) is 0 Å². The van der Waals surface area contributed by atoms with Gasteiger partial charge in [0.25, 0.3) is 5.91 Å². The predicted molar refractivity (Wildman–Crippen MR) is 104 cm³/mol. The Labute approximate surface area is 166 Å². The molecule has 0 fully saturated rings. The minimum atomic E-state index is -1.07. The van der Waals surface area contributed by atoms with Gasteiger partial charge in [0.15, 0.2) is 11.6 Å². The number of nitrogens with zero attached hydrogens (tertiary/aromatic N) is 1. The Balaban J connectivity index is 2.30. The number of carbonyl (C=O) groups excluding carboxylic acids is 1. The van der Waals surface area contributed by atoms with Crippen LogP contribution in [0.4, 0.5) is 8.78 Å². The molecule has 3 aromatic rings. The van der Waals surface area contributed by atoms with Gasteiger partial charge in [0, 0.05) is 22.7 Å². The smallest absolute Gasteiger partial charge is 0.311 e. The van der Waals surface area contributed by atoms with Crippen LogP contribution in [0.15, 0.2) is 36.4 Å². The summed E-state index contributed by atoms with van der Waals surface area (Å²) >= 11 is 0. The highest BCUT2D eigenvalue weighted by atomic mass is 19.1. The van der Waals surface area contributed by atoms with Gasteiger partial charge in [-0.25, -0.2) is 8.78 Å². The summed E-state index contributed by atoms with van der Waals surface area (Å²) in [7, 11) is 0. The van der Waals surface area contributed by atoms with Crippen molar-refractivity contribution < 1.29 is 28.6 Å². The zero-order chi connectivity index (χ0) is 21.3. The zero-order valence-electron chi connectivity index (χ0n) is 16.1. The third-order valence-electron chi connectivity index (χ3n) is 5.09. The maximum Gasteiger partial charge on any atom is 0.311 e. The number of aromatic hydroxyl groups is 1. The van der Waals surface area contributed by atoms with Gasteiger partial charge in [-0.2, -0.15) is 0 Å². The first kappa shape index (κ1) is 20.5. The van der Waals surface area contributed by atoms with Gasteiger partial charge in [-0.15, -0.1) is 0 Å². The van der Waals surface area contributed by atoms with E-state index >= 15 is 0 Å². The number of phenols is 1. The van der Waals surface area contributed by atoms with Gasteiger partial charge in [-0.1, -0.05) is 25.8 Å². The molecule has 1 aromatic heterocycles. The number of aromatic nitrogens is 1. The molecule has 0 amide bonds. The van der Waals surface area contributed by atoms with Crippen LogP contribution in [0, 0.1) is 18.6 Å². The number of unbranched alkanes of at least 4 members (excludes halogenated alkanes) is 1. The molecule has 152 valence electrons. The van der Waals surface area contributed by atoms with Crippen molar-refractivity contribution in [3.8, 4) is 5.75 Å². The van der Waals surface area contributed by atoms with Crippen molar-refractivity contribution in [3.05, 3.63) is 64.9 Å². The molecule has 0 aliphatic rings. The second kappa shape index (κ2) is 8.03. The van der Waals surface area contributed by atoms with E-state index < -0.39 is 35.2 Å². The minimum absolute atomic E-state index is 0.0467. The highest BCUT2D eigenvalue weighted by Gasteiger charge is 2.30. The first-order valence-corrected chi connectivity index (χ1v) is 9.32. The Morgan fingerprint density at radius 2 is 1.90 bits per heavy atom. The van der Waals surface area contributed by atoms with E-state index in [1.165, 1.54) is 22.8 Å². The molecule has 3 rings (SSSR count). The maximum absolute atomic E-state index is 14.1. The third kappa shape index (κ3) is 3.72. The van der Waals surface area contributed by atoms with E-state index in [9.17, 15) is 28.6 Å². The van der Waals surface area contributed by atoms with Crippen molar-refractivity contribution in [1.82, 2.24) is 4.57 Å². The number of halogens is 2. The Kier molecular flexibility index (Phi) is 5.68. The minimum Gasteiger partial charge on any atom is -0.505 e. The van der Waals surface area contributed by atoms with Gasteiger partial charge in [-0.05, 0) is 43.2 Å². The molecule has 1 atom stereocenters. The van der Waals surface area contributed by atoms with Crippen LogP contribution in [0.5, 0.6) is 5.75 Å². The molecule has 0 saturated heterocycles. The van der Waals surface area contributed by atoms with Crippen LogP contribution < -0.4 is 0 Å². The molecular weight excluding hydrogens is 380 g/mol. The van der Waals surface area contributed by atoms with E-state index in [1.807, 2.05) is 6.92 Å². The number of carboxylic acids is 1. The number of hydrogen-bond donors (Lipinski definition) is 2. The van der Waals surface area contributed by atoms with Crippen LogP contribution in [0.3, 0.4) is 0 Å². The van der Waals surface area contributed by atoms with Crippen molar-refractivity contribution in [2.24, 2.45) is 0 Å². The van der Waals surface area contributed by atoms with Gasteiger partial charge < -0.3 is 10.2 Å². The summed E-state index contributed by atoms with van der Waals surface area (Å²) in [6.07, 6.45) is 1.76. The molecule has 0 spiro atoms. The molecule has 0 radical (unpaired) electrons. The van der Waals surface area contributed by atoms with Crippen LogP contribution >= 0.6 is 0 Å². The molecule has 0 bridgehead atoms. The lowest BCUT2D eigenvalue weighted by Crippen LogP contribution is -2.16. The lowest BCUT2D eigenvalue weighted by molar-refractivity contribution is -0.139. The summed E-state index contributed by atoms with van der Waals surface area (Å²) in [6.45, 7) is 3.51. The first-order valence-electron chi connectivity index (χ1n) is 9.32. The molecule has 5 nitrogen and oxygen atoms in total. The molecule has 0 unspecified atom stereocenters. The summed E-state index contributed by atoms with van der Waals surface area (Å²) in [5.74, 6) is -4.76. The Bertz CT molecular complexity index is 1100. The van der Waals surface area contributed by atoms with Crippen molar-refractivity contribution in [1.29, 1.82) is 0 Å². The van der Waals surface area contributed by atoms with Crippen LogP contribution in [0.25, 0.3) is 10.9 Å². The van der Waals surface area contributed by atoms with Gasteiger partial charge in [0.1, 0.15) is 5.82 Å². The monoisotopic (exact) mass is 401 g/mol. The summed E-state index contributed by atoms with van der Waals surface area (Å²) in [4.78, 5) is 25.1. The molecule has 2 N–H and O–H groups in total. The second-order valence-electron chi connectivity index (χ2n) is 7.00. The average Bonchev–Trinajstić information content (AvgIpc) is 2.93. The number of fused-ring (bicyclic) bond motifs is 1. The van der Waals surface area contributed by atoms with E-state index in [1.54, 1.807) is 6.92 Å². The molecule has 7 heteroatoms. The molecule has 1 heterocycles. The molecule has 0 aliphatic carbocycles. The van der Waals surface area contributed by atoms with E-state index in [4.69, 9.17) is 0 Å². The molecule has 0 aliphatic heterocycles. The number of hydrogen-bond acceptors (Lipinski definition) is 3. The zero-order valence-corrected chi connectivity index (χ0v) is 16.1. The highest BCUT2D eigenvalue weighted by Crippen LogP contribution is 2.38. The highest BCUT2D eigenvalue weighted by molar-refractivity contribution is 6.05. The number of phenolic OH excluding ortho intramolecular Hbond substituents is 1. The quantitative estimate of drug-likeness (QED) is 0.611. The Morgan fingerprint density at radius 1 is 1.17 bits per heavy atom. The number of rotatable bonds is 6. The van der Waals surface area contributed by atoms with Gasteiger partial charge >= 0.3 is 5.97 Å². The van der Waals surface area contributed by atoms with Gasteiger partial charge in [-0.3, -0.25) is 14.2 Å². The van der Waals surface area contributed by atoms with E-state index in [0.717, 1.165) is 24.6 Å². The average molecular weight is 401 g/mol. The van der Waals surface area contributed by atoms with Crippen LogP contribution in [-0.4, -0.2) is 26.7 Å². The van der Waals surface area contributed by atoms with Crippen LogP contribution in [0.1, 0.15) is 53.7 Å². The number of aliphatic carboxylic acids is 1. The fraction of sp³-hybridized carbons (Fsp3) is 0.273. The summed E-state index contributed by atoms with van der Waals surface area (Å²) < 4.78 is 28.9. The second-order valence-corrected chi connectivity index (χ2v) is 7.00. The SMILES string of the molecule is CCCC[C@H](C(=O)O)c1c(C)n(C(=O)c2cccc(F)c2)c2cc(F)c(O)cc12. The number of benzene rings is 2. The van der Waals surface area contributed by atoms with Crippen molar-refractivity contribution in [2.75, 3.05) is 0 Å². The summed E-state index contributed by atoms with van der Waals surface area (Å²) in [5.41, 5.74) is 0.846. The van der Waals surface area contributed by atoms with Crippen molar-refractivity contribution in [2.45, 2.75) is 39.0 Å². The van der Waals surface area contributed by atoms with E-state index in [-0.39, 0.29) is 16.5 Å². The Morgan fingerprint density at radius 3 is 2.52 bits per heavy atom. The fourth-order valence-corrected chi connectivity index (χ4v) is 3.70. The van der Waals surface area contributed by atoms with Crippen LogP contribution in [-0.2, 0) is 4.79 Å². The number of carbonyl (C=O) groups is 2. The third-order valence-corrected chi connectivity index (χ3v) is 5.09. The normalized spacial score (nSPS) is 12.3. The molecular formula is C22H21F2NO4. The molecule has 29 heavy (non-hydrogen) atoms. The molecule has 0 saturated carbocycles. The van der Waals surface area contributed by atoms with E-state index in [0.29, 0.717) is 24.1 Å². The lowest BCUT2D eigenvalue weighted by Gasteiger charge is -2.13. The lowest BCUT2D eigenvalue weighted by atomic mass is 9.91. The summed E-state index contributed by atoms with van der Waals surface area (Å²) in [5, 5.41) is 19.9. The van der Waals surface area contributed by atoms with E-state index in [2.05, 4.69) is 0 Å². The van der Waals surface area contributed by atoms with Crippen LogP contribution in [0.2, 0.25) is 0 Å². The van der Waals surface area contributed by atoms with Gasteiger partial charge in [0.05, 0.1) is 11.4 Å². The Hall–Kier alpha value is -3.22. The van der Waals surface area contributed by atoms with Crippen molar-refractivity contribution >= 4 is 22.8 Å². The fourth-order valence-electron chi connectivity index (χ4n) is 3.70.